The fraction of sp³-hybridized carbons (Fsp3) is 0.909. The van der Waals surface area contributed by atoms with Gasteiger partial charge in [-0.3, -0.25) is 4.79 Å². The molecule has 80 valence electrons. The van der Waals surface area contributed by atoms with Crippen molar-refractivity contribution in [3.63, 3.8) is 0 Å². The van der Waals surface area contributed by atoms with Gasteiger partial charge in [-0.15, -0.1) is 0 Å². The number of hydrogen-bond donors (Lipinski definition) is 2. The van der Waals surface area contributed by atoms with E-state index in [2.05, 4.69) is 5.32 Å². The van der Waals surface area contributed by atoms with Gasteiger partial charge in [0.05, 0.1) is 0 Å². The second-order valence-electron chi connectivity index (χ2n) is 4.64. The number of nitrogens with one attached hydrogen (secondary N) is 1. The van der Waals surface area contributed by atoms with Gasteiger partial charge in [0.1, 0.15) is 0 Å². The lowest BCUT2D eigenvalue weighted by atomic mass is 9.80. The van der Waals surface area contributed by atoms with Crippen LogP contribution in [0, 0.1) is 11.8 Å². The van der Waals surface area contributed by atoms with E-state index in [4.69, 9.17) is 0 Å². The summed E-state index contributed by atoms with van der Waals surface area (Å²) in [6.45, 7) is 0.153. The molecule has 0 radical (unpaired) electrons. The van der Waals surface area contributed by atoms with Gasteiger partial charge in [0.15, 0.2) is 0 Å². The van der Waals surface area contributed by atoms with Crippen LogP contribution in [0.5, 0.6) is 0 Å². The van der Waals surface area contributed by atoms with Crippen molar-refractivity contribution in [3.8, 4) is 0 Å². The summed E-state index contributed by atoms with van der Waals surface area (Å²) in [6, 6.07) is 0.257. The molecule has 2 fully saturated rings. The zero-order chi connectivity index (χ0) is 9.97. The summed E-state index contributed by atoms with van der Waals surface area (Å²) in [7, 11) is 0. The van der Waals surface area contributed by atoms with Crippen LogP contribution in [0.25, 0.3) is 0 Å². The minimum Gasteiger partial charge on any atom is -0.396 e. The molecule has 2 rings (SSSR count). The average Bonchev–Trinajstić information content (AvgIpc) is 2.61. The summed E-state index contributed by atoms with van der Waals surface area (Å²) in [5, 5.41) is 12.2. The lowest BCUT2D eigenvalue weighted by Gasteiger charge is -2.30. The summed E-state index contributed by atoms with van der Waals surface area (Å²) in [6.07, 6.45) is 6.88. The first-order valence-electron chi connectivity index (χ1n) is 5.71. The molecule has 1 aliphatic heterocycles. The first-order valence-corrected chi connectivity index (χ1v) is 5.71. The van der Waals surface area contributed by atoms with E-state index in [9.17, 15) is 9.90 Å². The molecule has 0 aromatic rings. The fourth-order valence-electron chi connectivity index (χ4n) is 2.90. The second kappa shape index (κ2) is 4.30. The van der Waals surface area contributed by atoms with Crippen LogP contribution in [0.15, 0.2) is 0 Å². The lowest BCUT2D eigenvalue weighted by molar-refractivity contribution is -0.119. The maximum atomic E-state index is 11.2. The Morgan fingerprint density at radius 3 is 2.64 bits per heavy atom. The van der Waals surface area contributed by atoms with Crippen molar-refractivity contribution < 1.29 is 9.90 Å². The van der Waals surface area contributed by atoms with E-state index in [-0.39, 0.29) is 24.5 Å². The van der Waals surface area contributed by atoms with Gasteiger partial charge in [-0.25, -0.2) is 0 Å². The molecular formula is C11H19NO2. The predicted molar refractivity (Wildman–Crippen MR) is 53.7 cm³/mol. The molecule has 2 aliphatic rings. The maximum Gasteiger partial charge on any atom is 0.220 e. The molecule has 14 heavy (non-hydrogen) atoms. The zero-order valence-electron chi connectivity index (χ0n) is 8.54. The Morgan fingerprint density at radius 2 is 2.00 bits per heavy atom. The third kappa shape index (κ3) is 1.92. The Bertz CT molecular complexity index is 211. The summed E-state index contributed by atoms with van der Waals surface area (Å²) >= 11 is 0. The molecule has 3 nitrogen and oxygen atoms in total. The van der Waals surface area contributed by atoms with Crippen LogP contribution in [0.2, 0.25) is 0 Å². The minimum absolute atomic E-state index is 0.125. The Labute approximate surface area is 84.9 Å². The molecule has 2 unspecified atom stereocenters. The van der Waals surface area contributed by atoms with Gasteiger partial charge in [-0.05, 0) is 18.8 Å². The van der Waals surface area contributed by atoms with E-state index in [0.717, 1.165) is 0 Å². The van der Waals surface area contributed by atoms with Crippen LogP contribution in [-0.4, -0.2) is 23.7 Å². The highest BCUT2D eigenvalue weighted by Crippen LogP contribution is 2.32. The Balaban J connectivity index is 1.97. The van der Waals surface area contributed by atoms with E-state index >= 15 is 0 Å². The smallest absolute Gasteiger partial charge is 0.220 e. The van der Waals surface area contributed by atoms with Crippen LogP contribution >= 0.6 is 0 Å². The van der Waals surface area contributed by atoms with Gasteiger partial charge in [0.2, 0.25) is 5.91 Å². The zero-order valence-corrected chi connectivity index (χ0v) is 8.54. The molecule has 1 heterocycles. The third-order valence-electron chi connectivity index (χ3n) is 3.68. The van der Waals surface area contributed by atoms with Gasteiger partial charge >= 0.3 is 0 Å². The number of carbonyl (C=O) groups is 1. The van der Waals surface area contributed by atoms with E-state index in [0.29, 0.717) is 12.3 Å². The van der Waals surface area contributed by atoms with Gasteiger partial charge in [-0.2, -0.15) is 0 Å². The summed E-state index contributed by atoms with van der Waals surface area (Å²) in [5.41, 5.74) is 0. The minimum atomic E-state index is 0.125. The molecule has 2 N–H and O–H groups in total. The molecule has 1 amide bonds. The van der Waals surface area contributed by atoms with Crippen LogP contribution in [0.3, 0.4) is 0 Å². The van der Waals surface area contributed by atoms with Gasteiger partial charge < -0.3 is 10.4 Å². The van der Waals surface area contributed by atoms with Crippen molar-refractivity contribution in [2.24, 2.45) is 11.8 Å². The van der Waals surface area contributed by atoms with Crippen molar-refractivity contribution >= 4 is 5.91 Å². The second-order valence-corrected chi connectivity index (χ2v) is 4.64. The summed E-state index contributed by atoms with van der Waals surface area (Å²) in [4.78, 5) is 11.2. The number of rotatable bonds is 2. The van der Waals surface area contributed by atoms with Crippen LogP contribution in [0.4, 0.5) is 0 Å². The standard InChI is InChI=1S/C11H19NO2/c13-7-9-6-10(14)12-11(9)8-4-2-1-3-5-8/h8-9,11,13H,1-7H2,(H,12,14). The molecule has 2 atom stereocenters. The average molecular weight is 197 g/mol. The highest BCUT2D eigenvalue weighted by Gasteiger charge is 2.37. The molecule has 3 heteroatoms. The van der Waals surface area contributed by atoms with Gasteiger partial charge in [-0.1, -0.05) is 19.3 Å². The number of amides is 1. The Morgan fingerprint density at radius 1 is 1.29 bits per heavy atom. The van der Waals surface area contributed by atoms with Crippen molar-refractivity contribution in [1.82, 2.24) is 5.32 Å². The number of hydrogen-bond acceptors (Lipinski definition) is 2. The topological polar surface area (TPSA) is 49.3 Å². The van der Waals surface area contributed by atoms with Gasteiger partial charge in [0.25, 0.3) is 0 Å². The molecule has 0 aromatic carbocycles. The van der Waals surface area contributed by atoms with Crippen LogP contribution in [-0.2, 0) is 4.79 Å². The summed E-state index contributed by atoms with van der Waals surface area (Å²) in [5.74, 6) is 0.914. The highest BCUT2D eigenvalue weighted by molar-refractivity contribution is 5.79. The predicted octanol–water partition coefficient (Wildman–Crippen LogP) is 1.06. The third-order valence-corrected chi connectivity index (χ3v) is 3.68. The number of aliphatic hydroxyl groups is 1. The highest BCUT2D eigenvalue weighted by atomic mass is 16.3. The fourth-order valence-corrected chi connectivity index (χ4v) is 2.90. The number of carbonyl (C=O) groups excluding carboxylic acids is 1. The quantitative estimate of drug-likeness (QED) is 0.695. The van der Waals surface area contributed by atoms with Crippen molar-refractivity contribution in [2.45, 2.75) is 44.6 Å². The van der Waals surface area contributed by atoms with E-state index < -0.39 is 0 Å². The normalized spacial score (nSPS) is 34.5. The Hall–Kier alpha value is -0.570. The summed E-state index contributed by atoms with van der Waals surface area (Å²) < 4.78 is 0. The Kier molecular flexibility index (Phi) is 3.06. The first kappa shape index (κ1) is 9.97. The van der Waals surface area contributed by atoms with E-state index in [1.807, 2.05) is 0 Å². The van der Waals surface area contributed by atoms with Crippen molar-refractivity contribution in [2.75, 3.05) is 6.61 Å². The molecule has 0 spiro atoms. The van der Waals surface area contributed by atoms with Gasteiger partial charge in [0, 0.05) is 25.0 Å². The van der Waals surface area contributed by atoms with Crippen molar-refractivity contribution in [3.05, 3.63) is 0 Å². The molecular weight excluding hydrogens is 178 g/mol. The van der Waals surface area contributed by atoms with Crippen LogP contribution < -0.4 is 5.32 Å². The molecule has 1 saturated heterocycles. The van der Waals surface area contributed by atoms with Crippen LogP contribution in [0.1, 0.15) is 38.5 Å². The SMILES string of the molecule is O=C1CC(CO)C(C2CCCCC2)N1. The molecule has 0 aromatic heterocycles. The molecule has 0 bridgehead atoms. The monoisotopic (exact) mass is 197 g/mol. The van der Waals surface area contributed by atoms with E-state index in [1.165, 1.54) is 32.1 Å². The number of aliphatic hydroxyl groups excluding tert-OH is 1. The molecule has 1 aliphatic carbocycles. The van der Waals surface area contributed by atoms with Crippen molar-refractivity contribution in [1.29, 1.82) is 0 Å². The molecule has 1 saturated carbocycles. The lowest BCUT2D eigenvalue weighted by Crippen LogP contribution is -2.38. The first-order chi connectivity index (χ1) is 6.81. The van der Waals surface area contributed by atoms with E-state index in [1.54, 1.807) is 0 Å². The maximum absolute atomic E-state index is 11.2. The largest absolute Gasteiger partial charge is 0.396 e.